The third kappa shape index (κ3) is 4.34. The highest BCUT2D eigenvalue weighted by atomic mass is 19.4. The van der Waals surface area contributed by atoms with E-state index < -0.39 is 35.8 Å². The third-order valence-electron chi connectivity index (χ3n) is 2.93. The summed E-state index contributed by atoms with van der Waals surface area (Å²) in [6.45, 7) is 0. The van der Waals surface area contributed by atoms with Crippen LogP contribution in [0.1, 0.15) is 23.0 Å². The van der Waals surface area contributed by atoms with Crippen LogP contribution < -0.4 is 10.5 Å². The molecule has 0 amide bonds. The molecule has 0 aliphatic rings. The van der Waals surface area contributed by atoms with Crippen LogP contribution in [0.15, 0.2) is 36.4 Å². The molecule has 1 heterocycles. The zero-order chi connectivity index (χ0) is 18.1. The van der Waals surface area contributed by atoms with Gasteiger partial charge in [0.2, 0.25) is 0 Å². The number of pyridine rings is 1. The van der Waals surface area contributed by atoms with E-state index in [0.717, 1.165) is 30.3 Å². The molecular weight excluding hydrogens is 345 g/mol. The molecule has 130 valence electrons. The molecule has 1 aromatic carbocycles. The topological polar surface area (TPSA) is 48.1 Å². The van der Waals surface area contributed by atoms with Gasteiger partial charge in [-0.25, -0.2) is 9.37 Å². The van der Waals surface area contributed by atoms with E-state index in [-0.39, 0.29) is 11.3 Å². The number of alkyl halides is 6. The van der Waals surface area contributed by atoms with E-state index in [1.807, 2.05) is 0 Å². The largest absolute Gasteiger partial charge is 0.573 e. The minimum Gasteiger partial charge on any atom is -0.406 e. The molecule has 24 heavy (non-hydrogen) atoms. The van der Waals surface area contributed by atoms with Crippen LogP contribution in [0.3, 0.4) is 0 Å². The average Bonchev–Trinajstić information content (AvgIpc) is 2.45. The lowest BCUT2D eigenvalue weighted by Gasteiger charge is -2.15. The first-order valence-corrected chi connectivity index (χ1v) is 6.32. The molecule has 2 aromatic rings. The summed E-state index contributed by atoms with van der Waals surface area (Å²) in [5.74, 6) is -2.06. The second-order valence-electron chi connectivity index (χ2n) is 4.66. The van der Waals surface area contributed by atoms with Crippen LogP contribution in [0.4, 0.5) is 30.7 Å². The summed E-state index contributed by atoms with van der Waals surface area (Å²) in [5, 5.41) is 0. The van der Waals surface area contributed by atoms with Crippen molar-refractivity contribution in [3.8, 4) is 5.75 Å². The number of nitrogens with two attached hydrogens (primary N) is 1. The maximum Gasteiger partial charge on any atom is 0.573 e. The lowest BCUT2D eigenvalue weighted by Crippen LogP contribution is -2.19. The van der Waals surface area contributed by atoms with Gasteiger partial charge >= 0.3 is 12.5 Å². The second-order valence-corrected chi connectivity index (χ2v) is 4.66. The zero-order valence-electron chi connectivity index (χ0n) is 11.6. The van der Waals surface area contributed by atoms with Crippen LogP contribution in [-0.2, 0) is 6.18 Å². The first kappa shape index (κ1) is 18.0. The van der Waals surface area contributed by atoms with Gasteiger partial charge in [-0.2, -0.15) is 13.2 Å². The molecule has 0 bridgehead atoms. The Morgan fingerprint density at radius 3 is 2.00 bits per heavy atom. The fourth-order valence-electron chi connectivity index (χ4n) is 1.88. The minimum absolute atomic E-state index is 0.178. The summed E-state index contributed by atoms with van der Waals surface area (Å²) < 4.78 is 91.0. The summed E-state index contributed by atoms with van der Waals surface area (Å²) in [5.41, 5.74) is 3.92. The van der Waals surface area contributed by atoms with Gasteiger partial charge in [-0.1, -0.05) is 12.1 Å². The minimum atomic E-state index is -5.00. The van der Waals surface area contributed by atoms with Crippen LogP contribution in [-0.4, -0.2) is 11.3 Å². The predicted octanol–water partition coefficient (Wildman–Crippen LogP) is 4.19. The number of rotatable bonds is 3. The molecule has 2 rings (SSSR count). The van der Waals surface area contributed by atoms with Crippen molar-refractivity contribution >= 4 is 0 Å². The fraction of sp³-hybridized carbons (Fsp3) is 0.214. The smallest absolute Gasteiger partial charge is 0.406 e. The van der Waals surface area contributed by atoms with Crippen molar-refractivity contribution in [1.82, 2.24) is 4.98 Å². The molecular formula is C14H9F7N2O. The van der Waals surface area contributed by atoms with Crippen molar-refractivity contribution in [3.63, 3.8) is 0 Å². The Hall–Kier alpha value is -2.36. The SMILES string of the molecule is NC(c1ccc(OC(F)(F)F)cc1)c1ccc(F)c(C(F)(F)F)n1. The number of hydrogen-bond acceptors (Lipinski definition) is 3. The highest BCUT2D eigenvalue weighted by Gasteiger charge is 2.36. The van der Waals surface area contributed by atoms with Crippen LogP contribution in [0.5, 0.6) is 5.75 Å². The number of nitrogens with zero attached hydrogens (tertiary/aromatic N) is 1. The standard InChI is InChI=1S/C14H9F7N2O/c15-9-5-6-10(23-12(9)13(16,17)18)11(22)7-1-3-8(4-2-7)24-14(19,20)21/h1-6,11H,22H2. The highest BCUT2D eigenvalue weighted by Crippen LogP contribution is 2.31. The van der Waals surface area contributed by atoms with E-state index in [4.69, 9.17) is 5.73 Å². The molecule has 0 fully saturated rings. The first-order valence-electron chi connectivity index (χ1n) is 6.32. The van der Waals surface area contributed by atoms with Crippen molar-refractivity contribution < 1.29 is 35.5 Å². The van der Waals surface area contributed by atoms with E-state index in [9.17, 15) is 30.7 Å². The van der Waals surface area contributed by atoms with Crippen LogP contribution in [0, 0.1) is 5.82 Å². The number of ether oxygens (including phenoxy) is 1. The average molecular weight is 354 g/mol. The molecule has 0 aliphatic heterocycles. The van der Waals surface area contributed by atoms with Crippen molar-refractivity contribution in [2.24, 2.45) is 5.73 Å². The van der Waals surface area contributed by atoms with Gasteiger partial charge in [0.15, 0.2) is 11.5 Å². The van der Waals surface area contributed by atoms with Crippen LogP contribution >= 0.6 is 0 Å². The fourth-order valence-corrected chi connectivity index (χ4v) is 1.88. The molecule has 1 aromatic heterocycles. The van der Waals surface area contributed by atoms with E-state index in [1.165, 1.54) is 0 Å². The van der Waals surface area contributed by atoms with Crippen molar-refractivity contribution in [2.45, 2.75) is 18.6 Å². The number of benzene rings is 1. The van der Waals surface area contributed by atoms with Crippen molar-refractivity contribution in [2.75, 3.05) is 0 Å². The lowest BCUT2D eigenvalue weighted by molar-refractivity contribution is -0.274. The summed E-state index contributed by atoms with van der Waals surface area (Å²) in [4.78, 5) is 3.17. The van der Waals surface area contributed by atoms with Gasteiger partial charge in [-0.15, -0.1) is 13.2 Å². The molecule has 10 heteroatoms. The lowest BCUT2D eigenvalue weighted by atomic mass is 10.0. The Morgan fingerprint density at radius 1 is 0.917 bits per heavy atom. The van der Waals surface area contributed by atoms with Gasteiger partial charge in [-0.3, -0.25) is 0 Å². The Balaban J connectivity index is 2.27. The number of aromatic nitrogens is 1. The highest BCUT2D eigenvalue weighted by molar-refractivity contribution is 5.33. The maximum absolute atomic E-state index is 13.2. The van der Waals surface area contributed by atoms with Gasteiger partial charge in [0.25, 0.3) is 0 Å². The zero-order valence-corrected chi connectivity index (χ0v) is 11.6. The Bertz CT molecular complexity index is 711. The molecule has 0 radical (unpaired) electrons. The quantitative estimate of drug-likeness (QED) is 0.841. The molecule has 0 saturated carbocycles. The van der Waals surface area contributed by atoms with Gasteiger partial charge in [-0.05, 0) is 29.8 Å². The first-order chi connectivity index (χ1) is 11.0. The summed E-state index contributed by atoms with van der Waals surface area (Å²) in [6.07, 6.45) is -9.87. The summed E-state index contributed by atoms with van der Waals surface area (Å²) in [7, 11) is 0. The Morgan fingerprint density at radius 2 is 1.50 bits per heavy atom. The number of hydrogen-bond donors (Lipinski definition) is 1. The Kier molecular flexibility index (Phi) is 4.70. The summed E-state index contributed by atoms with van der Waals surface area (Å²) >= 11 is 0. The van der Waals surface area contributed by atoms with E-state index in [0.29, 0.717) is 6.07 Å². The molecule has 1 unspecified atom stereocenters. The van der Waals surface area contributed by atoms with Gasteiger partial charge in [0, 0.05) is 0 Å². The molecule has 2 N–H and O–H groups in total. The number of halogens is 7. The monoisotopic (exact) mass is 354 g/mol. The molecule has 0 aliphatic carbocycles. The molecule has 3 nitrogen and oxygen atoms in total. The molecule has 1 atom stereocenters. The third-order valence-corrected chi connectivity index (χ3v) is 2.93. The Labute approximate surface area is 130 Å². The van der Waals surface area contributed by atoms with Crippen LogP contribution in [0.25, 0.3) is 0 Å². The van der Waals surface area contributed by atoms with E-state index in [2.05, 4.69) is 9.72 Å². The van der Waals surface area contributed by atoms with Gasteiger partial charge < -0.3 is 10.5 Å². The summed E-state index contributed by atoms with van der Waals surface area (Å²) in [6, 6.07) is 4.55. The maximum atomic E-state index is 13.2. The van der Waals surface area contributed by atoms with Gasteiger partial charge in [0.05, 0.1) is 11.7 Å². The van der Waals surface area contributed by atoms with E-state index >= 15 is 0 Å². The van der Waals surface area contributed by atoms with E-state index in [1.54, 1.807) is 0 Å². The molecule has 0 saturated heterocycles. The molecule has 0 spiro atoms. The predicted molar refractivity (Wildman–Crippen MR) is 68.4 cm³/mol. The van der Waals surface area contributed by atoms with Gasteiger partial charge in [0.1, 0.15) is 5.75 Å². The normalized spacial score (nSPS) is 13.7. The van der Waals surface area contributed by atoms with Crippen molar-refractivity contribution in [3.05, 3.63) is 59.2 Å². The van der Waals surface area contributed by atoms with Crippen molar-refractivity contribution in [1.29, 1.82) is 0 Å². The second kappa shape index (κ2) is 6.27. The van der Waals surface area contributed by atoms with Crippen LogP contribution in [0.2, 0.25) is 0 Å².